The van der Waals surface area contributed by atoms with Gasteiger partial charge in [0.1, 0.15) is 0 Å². The van der Waals surface area contributed by atoms with Gasteiger partial charge >= 0.3 is 0 Å². The molecule has 0 spiro atoms. The molecule has 1 aromatic carbocycles. The Kier molecular flexibility index (Phi) is 28.4. The maximum atomic E-state index is 11.2. The van der Waals surface area contributed by atoms with Crippen molar-refractivity contribution in [2.75, 3.05) is 119 Å². The van der Waals surface area contributed by atoms with Crippen LogP contribution in [0.4, 0.5) is 11.4 Å². The fourth-order valence-electron chi connectivity index (χ4n) is 3.96. The molecule has 0 saturated carbocycles. The molecule has 0 heterocycles. The number of benzene rings is 1. The van der Waals surface area contributed by atoms with E-state index >= 15 is 0 Å². The molecule has 0 unspecified atom stereocenters. The van der Waals surface area contributed by atoms with Crippen LogP contribution in [0.15, 0.2) is 28.2 Å². The number of aliphatic imine (C=N–C) groups is 2. The van der Waals surface area contributed by atoms with Gasteiger partial charge in [-0.3, -0.25) is 20.2 Å². The number of aryl methyl sites for hydroxylation is 1. The lowest BCUT2D eigenvalue weighted by Gasteiger charge is -2.08. The van der Waals surface area contributed by atoms with Crippen LogP contribution in [0.3, 0.4) is 0 Å². The van der Waals surface area contributed by atoms with E-state index in [1.165, 1.54) is 12.1 Å². The Balaban J connectivity index is 1.75. The third-order valence-electron chi connectivity index (χ3n) is 6.39. The Bertz CT molecular complexity index is 997. The van der Waals surface area contributed by atoms with Crippen molar-refractivity contribution < 1.29 is 48.3 Å². The number of unbranched alkanes of at least 4 members (excludes halogenated alkanes) is 2. The van der Waals surface area contributed by atoms with Crippen molar-refractivity contribution in [3.63, 3.8) is 0 Å². The second-order valence-corrected chi connectivity index (χ2v) is 10.1. The van der Waals surface area contributed by atoms with Gasteiger partial charge in [-0.2, -0.15) is 0 Å². The molecule has 0 atom stereocenters. The molecule has 0 aliphatic carbocycles. The Hall–Kier alpha value is -2.92. The number of rotatable bonds is 34. The maximum absolute atomic E-state index is 11.2. The largest absolute Gasteiger partial charge is 0.379 e. The summed E-state index contributed by atoms with van der Waals surface area (Å²) in [4.78, 5) is 28.8. The highest BCUT2D eigenvalue weighted by molar-refractivity contribution is 5.49. The van der Waals surface area contributed by atoms with E-state index in [4.69, 9.17) is 33.2 Å². The van der Waals surface area contributed by atoms with E-state index in [9.17, 15) is 20.2 Å². The number of nitro benzene ring substituents is 2. The zero-order chi connectivity index (χ0) is 34.0. The Morgan fingerprint density at radius 2 is 1.17 bits per heavy atom. The van der Waals surface area contributed by atoms with E-state index in [1.54, 1.807) is 0 Å². The molecule has 0 radical (unpaired) electrons. The average Bonchev–Trinajstić information content (AvgIpc) is 3.06. The Morgan fingerprint density at radius 3 is 1.68 bits per heavy atom. The minimum atomic E-state index is -0.633. The second kappa shape index (κ2) is 31.7. The summed E-state index contributed by atoms with van der Waals surface area (Å²) < 4.78 is 38.5. The normalized spacial score (nSPS) is 11.0. The summed E-state index contributed by atoms with van der Waals surface area (Å²) in [6.07, 6.45) is 3.86. The number of nitrogens with two attached hydrogens (primary N) is 1. The van der Waals surface area contributed by atoms with Crippen molar-refractivity contribution in [1.82, 2.24) is 0 Å². The standard InChI is InChI=1S/C31H53N5O11/c1-2-32-28-34-11-6-10-33-12-14-42-16-18-44-20-22-46-24-26-47-25-23-45-21-19-43-17-15-41-13-5-3-4-7-29-8-9-30(35(37)38)27-31(29)36(39)40/h8-9,27,33H,2-7,10-26H2,1H3/p+1. The lowest BCUT2D eigenvalue weighted by molar-refractivity contribution is -0.656. The fraction of sp³-hybridized carbons (Fsp3) is 0.774. The molecule has 0 aliphatic rings. The molecule has 0 saturated heterocycles. The predicted molar refractivity (Wildman–Crippen MR) is 175 cm³/mol. The Labute approximate surface area is 277 Å². The van der Waals surface area contributed by atoms with Crippen LogP contribution in [0.5, 0.6) is 0 Å². The fourth-order valence-corrected chi connectivity index (χ4v) is 3.96. The number of ether oxygens (including phenoxy) is 7. The average molecular weight is 673 g/mol. The van der Waals surface area contributed by atoms with Gasteiger partial charge in [0, 0.05) is 31.2 Å². The summed E-state index contributed by atoms with van der Waals surface area (Å²) in [6.45, 7) is 12.6. The quantitative estimate of drug-likeness (QED) is 0.0489. The van der Waals surface area contributed by atoms with Gasteiger partial charge in [0.15, 0.2) is 0 Å². The van der Waals surface area contributed by atoms with Gasteiger partial charge in [-0.25, -0.2) is 9.98 Å². The van der Waals surface area contributed by atoms with Gasteiger partial charge in [-0.15, -0.1) is 0 Å². The van der Waals surface area contributed by atoms with E-state index in [-0.39, 0.29) is 11.4 Å². The molecule has 47 heavy (non-hydrogen) atoms. The highest BCUT2D eigenvalue weighted by Gasteiger charge is 2.18. The lowest BCUT2D eigenvalue weighted by Crippen LogP contribution is -2.85. The SMILES string of the molecule is CCN=C=NCCC[NH2+]CCOCCOCCOCCOCCOCCOCCOCCCCCc1ccc([N+](=O)[O-])cc1[N+](=O)[O-]. The van der Waals surface area contributed by atoms with E-state index in [1.807, 2.05) is 6.92 Å². The molecule has 1 aromatic rings. The van der Waals surface area contributed by atoms with Crippen molar-refractivity contribution in [1.29, 1.82) is 0 Å². The summed E-state index contributed by atoms with van der Waals surface area (Å²) >= 11 is 0. The van der Waals surface area contributed by atoms with Gasteiger partial charge in [-0.05, 0) is 32.3 Å². The maximum Gasteiger partial charge on any atom is 0.279 e. The molecule has 0 bridgehead atoms. The van der Waals surface area contributed by atoms with Crippen LogP contribution in [0.25, 0.3) is 0 Å². The number of quaternary nitrogens is 1. The third-order valence-corrected chi connectivity index (χ3v) is 6.39. The number of nitrogens with zero attached hydrogens (tertiary/aromatic N) is 4. The molecule has 2 N–H and O–H groups in total. The highest BCUT2D eigenvalue weighted by Crippen LogP contribution is 2.26. The van der Waals surface area contributed by atoms with Crippen molar-refractivity contribution in [2.24, 2.45) is 9.98 Å². The highest BCUT2D eigenvalue weighted by atomic mass is 16.6. The summed E-state index contributed by atoms with van der Waals surface area (Å²) in [5.41, 5.74) is 0.0112. The van der Waals surface area contributed by atoms with Crippen molar-refractivity contribution in [3.8, 4) is 0 Å². The summed E-state index contributed by atoms with van der Waals surface area (Å²) in [5.74, 6) is 0. The third kappa shape index (κ3) is 25.8. The molecule has 0 fully saturated rings. The van der Waals surface area contributed by atoms with Gasteiger partial charge in [0.2, 0.25) is 0 Å². The van der Waals surface area contributed by atoms with Crippen LogP contribution >= 0.6 is 0 Å². The second-order valence-electron chi connectivity index (χ2n) is 10.1. The van der Waals surface area contributed by atoms with Gasteiger partial charge in [0.05, 0.1) is 127 Å². The zero-order valence-corrected chi connectivity index (χ0v) is 27.9. The van der Waals surface area contributed by atoms with Crippen molar-refractivity contribution in [3.05, 3.63) is 44.0 Å². The minimum Gasteiger partial charge on any atom is -0.379 e. The zero-order valence-electron chi connectivity index (χ0n) is 27.9. The number of hydrogen-bond donors (Lipinski definition) is 1. The molecular weight excluding hydrogens is 618 g/mol. The first-order chi connectivity index (χ1) is 23.1. The van der Waals surface area contributed by atoms with Crippen molar-refractivity contribution >= 4 is 17.4 Å². The van der Waals surface area contributed by atoms with Crippen LogP contribution in [-0.4, -0.2) is 135 Å². The Morgan fingerprint density at radius 1 is 0.638 bits per heavy atom. The predicted octanol–water partition coefficient (Wildman–Crippen LogP) is 2.48. The molecule has 0 amide bonds. The van der Waals surface area contributed by atoms with E-state index in [0.717, 1.165) is 57.9 Å². The lowest BCUT2D eigenvalue weighted by atomic mass is 10.0. The molecule has 268 valence electrons. The van der Waals surface area contributed by atoms with Crippen LogP contribution < -0.4 is 5.32 Å². The first kappa shape index (κ1) is 42.1. The topological polar surface area (TPSA) is 192 Å². The summed E-state index contributed by atoms with van der Waals surface area (Å²) in [6, 6.07) is 6.44. The van der Waals surface area contributed by atoms with Crippen molar-refractivity contribution in [2.45, 2.75) is 39.0 Å². The minimum absolute atomic E-state index is 0.210. The molecule has 0 aliphatic heterocycles. The van der Waals surface area contributed by atoms with Crippen LogP contribution in [0.1, 0.15) is 38.2 Å². The van der Waals surface area contributed by atoms with Crippen LogP contribution in [0.2, 0.25) is 0 Å². The van der Waals surface area contributed by atoms with Gasteiger partial charge in [0.25, 0.3) is 11.4 Å². The summed E-state index contributed by atoms with van der Waals surface area (Å²) in [7, 11) is 0. The van der Waals surface area contributed by atoms with Gasteiger partial charge < -0.3 is 38.5 Å². The molecule has 0 aromatic heterocycles. The van der Waals surface area contributed by atoms with E-state index in [0.29, 0.717) is 104 Å². The molecule has 16 nitrogen and oxygen atoms in total. The van der Waals surface area contributed by atoms with Gasteiger partial charge in [-0.1, -0.05) is 6.42 Å². The van der Waals surface area contributed by atoms with Crippen LogP contribution in [-0.2, 0) is 39.6 Å². The smallest absolute Gasteiger partial charge is 0.279 e. The molecular formula is C31H54N5O11+. The monoisotopic (exact) mass is 672 g/mol. The molecule has 1 rings (SSSR count). The number of nitro groups is 2. The van der Waals surface area contributed by atoms with E-state index < -0.39 is 9.85 Å². The van der Waals surface area contributed by atoms with E-state index in [2.05, 4.69) is 21.3 Å². The summed E-state index contributed by atoms with van der Waals surface area (Å²) in [5, 5.41) is 24.2. The molecule has 16 heteroatoms. The van der Waals surface area contributed by atoms with Crippen LogP contribution in [0, 0.1) is 20.2 Å². The first-order valence-electron chi connectivity index (χ1n) is 16.4. The number of hydrogen-bond acceptors (Lipinski definition) is 13. The first-order valence-corrected chi connectivity index (χ1v) is 16.4. The number of non-ortho nitro benzene ring substituents is 1.